The lowest BCUT2D eigenvalue weighted by Crippen LogP contribution is -2.29. The van der Waals surface area contributed by atoms with E-state index in [-0.39, 0.29) is 18.7 Å². The highest BCUT2D eigenvalue weighted by Gasteiger charge is 2.16. The summed E-state index contributed by atoms with van der Waals surface area (Å²) in [5.74, 6) is -1.47. The largest absolute Gasteiger partial charge is 0.550 e. The molecule has 2 aromatic carbocycles. The summed E-state index contributed by atoms with van der Waals surface area (Å²) in [4.78, 5) is 24.4. The standard InChI is InChI=1S/C22H23N3O3/c1-16-8-10-17(11-9-16)22-18(14-24(2)20(26)12-13-21(27)28)15-25(23-22)19-6-4-3-5-7-19/h3-11,15H,12-14H2,1-2H3,(H,27,28)/p-1. The van der Waals surface area contributed by atoms with E-state index >= 15 is 0 Å². The Hall–Kier alpha value is -3.41. The van der Waals surface area contributed by atoms with Crippen molar-refractivity contribution in [1.29, 1.82) is 0 Å². The number of hydrogen-bond acceptors (Lipinski definition) is 4. The highest BCUT2D eigenvalue weighted by atomic mass is 16.4. The van der Waals surface area contributed by atoms with E-state index in [9.17, 15) is 14.7 Å². The second kappa shape index (κ2) is 8.52. The summed E-state index contributed by atoms with van der Waals surface area (Å²) in [7, 11) is 1.66. The fraction of sp³-hybridized carbons (Fsp3) is 0.227. The first-order valence-corrected chi connectivity index (χ1v) is 9.09. The zero-order chi connectivity index (χ0) is 20.1. The van der Waals surface area contributed by atoms with Crippen LogP contribution in [0.5, 0.6) is 0 Å². The molecule has 3 aromatic rings. The monoisotopic (exact) mass is 376 g/mol. The van der Waals surface area contributed by atoms with Crippen molar-refractivity contribution >= 4 is 11.9 Å². The molecule has 28 heavy (non-hydrogen) atoms. The maximum absolute atomic E-state index is 12.2. The number of aryl methyl sites for hydroxylation is 1. The fourth-order valence-corrected chi connectivity index (χ4v) is 2.94. The van der Waals surface area contributed by atoms with Gasteiger partial charge in [-0.05, 0) is 25.5 Å². The van der Waals surface area contributed by atoms with Crippen molar-refractivity contribution < 1.29 is 14.7 Å². The van der Waals surface area contributed by atoms with Crippen molar-refractivity contribution in [3.05, 3.63) is 71.9 Å². The van der Waals surface area contributed by atoms with Crippen LogP contribution in [0.1, 0.15) is 24.0 Å². The first-order chi connectivity index (χ1) is 13.4. The van der Waals surface area contributed by atoms with Crippen molar-refractivity contribution in [2.75, 3.05) is 7.05 Å². The first-order valence-electron chi connectivity index (χ1n) is 9.09. The number of carbonyl (C=O) groups is 2. The second-order valence-electron chi connectivity index (χ2n) is 6.77. The number of nitrogens with zero attached hydrogens (tertiary/aromatic N) is 3. The Morgan fingerprint density at radius 1 is 1.04 bits per heavy atom. The quantitative estimate of drug-likeness (QED) is 0.634. The zero-order valence-electron chi connectivity index (χ0n) is 16.0. The van der Waals surface area contributed by atoms with Gasteiger partial charge in [0.1, 0.15) is 0 Å². The van der Waals surface area contributed by atoms with Gasteiger partial charge in [-0.3, -0.25) is 4.79 Å². The van der Waals surface area contributed by atoms with Crippen LogP contribution in [0.4, 0.5) is 0 Å². The lowest BCUT2D eigenvalue weighted by Gasteiger charge is -2.17. The van der Waals surface area contributed by atoms with Crippen molar-refractivity contribution in [3.63, 3.8) is 0 Å². The van der Waals surface area contributed by atoms with E-state index in [2.05, 4.69) is 0 Å². The third kappa shape index (κ3) is 4.65. The van der Waals surface area contributed by atoms with Crippen LogP contribution in [0.2, 0.25) is 0 Å². The summed E-state index contributed by atoms with van der Waals surface area (Å²) >= 11 is 0. The van der Waals surface area contributed by atoms with E-state index in [1.54, 1.807) is 11.7 Å². The molecule has 6 nitrogen and oxygen atoms in total. The Bertz CT molecular complexity index is 962. The Kier molecular flexibility index (Phi) is 5.89. The second-order valence-corrected chi connectivity index (χ2v) is 6.77. The van der Waals surface area contributed by atoms with Crippen LogP contribution in [0, 0.1) is 6.92 Å². The Morgan fingerprint density at radius 3 is 2.36 bits per heavy atom. The Balaban J connectivity index is 1.91. The van der Waals surface area contributed by atoms with Gasteiger partial charge in [-0.25, -0.2) is 4.68 Å². The maximum Gasteiger partial charge on any atom is 0.222 e. The molecular weight excluding hydrogens is 354 g/mol. The summed E-state index contributed by atoms with van der Waals surface area (Å²) in [5, 5.41) is 15.4. The minimum Gasteiger partial charge on any atom is -0.550 e. The van der Waals surface area contributed by atoms with Crippen molar-refractivity contribution in [2.24, 2.45) is 0 Å². The van der Waals surface area contributed by atoms with E-state index in [1.165, 1.54) is 4.90 Å². The summed E-state index contributed by atoms with van der Waals surface area (Å²) in [6.07, 6.45) is 1.55. The molecule has 0 saturated carbocycles. The first kappa shape index (κ1) is 19.4. The third-order valence-corrected chi connectivity index (χ3v) is 4.51. The number of aromatic nitrogens is 2. The van der Waals surface area contributed by atoms with Gasteiger partial charge >= 0.3 is 0 Å². The molecule has 1 heterocycles. The molecular formula is C22H22N3O3-. The summed E-state index contributed by atoms with van der Waals surface area (Å²) < 4.78 is 1.80. The summed E-state index contributed by atoms with van der Waals surface area (Å²) in [5.41, 5.74) is 4.72. The molecule has 0 spiro atoms. The topological polar surface area (TPSA) is 78.3 Å². The van der Waals surface area contributed by atoms with Gasteiger partial charge in [0.25, 0.3) is 0 Å². The third-order valence-electron chi connectivity index (χ3n) is 4.51. The van der Waals surface area contributed by atoms with Gasteiger partial charge in [0.05, 0.1) is 11.4 Å². The molecule has 0 aliphatic carbocycles. The normalized spacial score (nSPS) is 10.6. The predicted molar refractivity (Wildman–Crippen MR) is 104 cm³/mol. The molecule has 6 heteroatoms. The Morgan fingerprint density at radius 2 is 1.71 bits per heavy atom. The van der Waals surface area contributed by atoms with Gasteiger partial charge in [0.15, 0.2) is 0 Å². The van der Waals surface area contributed by atoms with E-state index in [0.717, 1.165) is 28.1 Å². The van der Waals surface area contributed by atoms with Crippen LogP contribution >= 0.6 is 0 Å². The van der Waals surface area contributed by atoms with Gasteiger partial charge in [-0.2, -0.15) is 5.10 Å². The molecule has 144 valence electrons. The van der Waals surface area contributed by atoms with E-state index < -0.39 is 5.97 Å². The molecule has 0 N–H and O–H groups in total. The Labute approximate surface area is 164 Å². The van der Waals surface area contributed by atoms with E-state index in [1.807, 2.05) is 67.7 Å². The number of benzene rings is 2. The lowest BCUT2D eigenvalue weighted by atomic mass is 10.1. The average Bonchev–Trinajstić information content (AvgIpc) is 3.11. The van der Waals surface area contributed by atoms with Crippen LogP contribution in [0.3, 0.4) is 0 Å². The number of para-hydroxylation sites is 1. The van der Waals surface area contributed by atoms with Gasteiger partial charge in [-0.1, -0.05) is 48.0 Å². The van der Waals surface area contributed by atoms with Gasteiger partial charge in [0.2, 0.25) is 5.91 Å². The molecule has 0 unspecified atom stereocenters. The zero-order valence-corrected chi connectivity index (χ0v) is 16.0. The molecule has 1 aromatic heterocycles. The number of amides is 1. The van der Waals surface area contributed by atoms with Crippen LogP contribution in [0.15, 0.2) is 60.8 Å². The molecule has 0 radical (unpaired) electrons. The molecule has 0 atom stereocenters. The summed E-state index contributed by atoms with van der Waals surface area (Å²) in [6, 6.07) is 17.8. The number of rotatable bonds is 7. The molecule has 0 aliphatic heterocycles. The SMILES string of the molecule is Cc1ccc(-c2nn(-c3ccccc3)cc2CN(C)C(=O)CCC(=O)[O-])cc1. The number of carboxylic acids is 1. The molecule has 0 aliphatic rings. The molecule has 1 amide bonds. The van der Waals surface area contributed by atoms with Gasteiger partial charge in [-0.15, -0.1) is 0 Å². The average molecular weight is 376 g/mol. The predicted octanol–water partition coefficient (Wildman–Crippen LogP) is 2.34. The lowest BCUT2D eigenvalue weighted by molar-refractivity contribution is -0.305. The van der Waals surface area contributed by atoms with E-state index in [4.69, 9.17) is 5.10 Å². The highest BCUT2D eigenvalue weighted by Crippen LogP contribution is 2.25. The number of hydrogen-bond donors (Lipinski definition) is 0. The van der Waals surface area contributed by atoms with Crippen molar-refractivity contribution in [1.82, 2.24) is 14.7 Å². The molecule has 0 bridgehead atoms. The number of carboxylic acid groups (broad SMARTS) is 1. The minimum atomic E-state index is -1.22. The van der Waals surface area contributed by atoms with Gasteiger partial charge < -0.3 is 14.8 Å². The van der Waals surface area contributed by atoms with E-state index in [0.29, 0.717) is 6.54 Å². The maximum atomic E-state index is 12.2. The molecule has 0 fully saturated rings. The summed E-state index contributed by atoms with van der Waals surface area (Å²) in [6.45, 7) is 2.36. The van der Waals surface area contributed by atoms with Crippen LogP contribution in [-0.4, -0.2) is 33.6 Å². The molecule has 3 rings (SSSR count). The van der Waals surface area contributed by atoms with Gasteiger partial charge in [0, 0.05) is 43.3 Å². The van der Waals surface area contributed by atoms with Crippen molar-refractivity contribution in [3.8, 4) is 16.9 Å². The van der Waals surface area contributed by atoms with Crippen LogP contribution in [-0.2, 0) is 16.1 Å². The minimum absolute atomic E-state index is 0.0779. The molecule has 0 saturated heterocycles. The smallest absolute Gasteiger partial charge is 0.222 e. The fourth-order valence-electron chi connectivity index (χ4n) is 2.94. The van der Waals surface area contributed by atoms with Crippen molar-refractivity contribution in [2.45, 2.75) is 26.3 Å². The van der Waals surface area contributed by atoms with Crippen LogP contribution < -0.4 is 5.11 Å². The number of aliphatic carboxylic acids is 1. The highest BCUT2D eigenvalue weighted by molar-refractivity contribution is 5.80. The number of carbonyl (C=O) groups excluding carboxylic acids is 2. The van der Waals surface area contributed by atoms with Crippen LogP contribution in [0.25, 0.3) is 16.9 Å².